The van der Waals surface area contributed by atoms with Crippen LogP contribution in [0.5, 0.6) is 0 Å². The Balaban J connectivity index is 1.82. The van der Waals surface area contributed by atoms with Crippen LogP contribution in [0.25, 0.3) is 0 Å². The van der Waals surface area contributed by atoms with Gasteiger partial charge in [0.2, 0.25) is 0 Å². The zero-order valence-corrected chi connectivity index (χ0v) is 14.3. The molecule has 24 heavy (non-hydrogen) atoms. The van der Waals surface area contributed by atoms with Crippen LogP contribution >= 0.6 is 0 Å². The van der Waals surface area contributed by atoms with Gasteiger partial charge in [0.15, 0.2) is 0 Å². The molecule has 6 heteroatoms. The van der Waals surface area contributed by atoms with Gasteiger partial charge in [0.25, 0.3) is 0 Å². The van der Waals surface area contributed by atoms with Gasteiger partial charge in [-0.3, -0.25) is 9.58 Å². The third kappa shape index (κ3) is 3.08. The van der Waals surface area contributed by atoms with Gasteiger partial charge in [-0.05, 0) is 51.4 Å². The number of hydrogen-bond acceptors (Lipinski definition) is 3. The Labute approximate surface area is 140 Å². The highest BCUT2D eigenvalue weighted by Gasteiger charge is 2.32. The minimum absolute atomic E-state index is 0.0141. The monoisotopic (exact) mass is 335 g/mol. The summed E-state index contributed by atoms with van der Waals surface area (Å²) in [6, 6.07) is 3.35. The van der Waals surface area contributed by atoms with Crippen LogP contribution in [-0.2, 0) is 7.05 Å². The minimum atomic E-state index is -1.06. The van der Waals surface area contributed by atoms with Crippen LogP contribution in [0.3, 0.4) is 0 Å². The summed E-state index contributed by atoms with van der Waals surface area (Å²) in [4.78, 5) is 2.14. The molecule has 4 nitrogen and oxygen atoms in total. The van der Waals surface area contributed by atoms with Gasteiger partial charge >= 0.3 is 0 Å². The van der Waals surface area contributed by atoms with Crippen molar-refractivity contribution in [3.8, 4) is 0 Å². The first-order chi connectivity index (χ1) is 11.4. The van der Waals surface area contributed by atoms with Gasteiger partial charge in [-0.2, -0.15) is 5.10 Å². The summed E-state index contributed by atoms with van der Waals surface area (Å²) in [5.74, 6) is -1.12. The number of nitrogens with zero attached hydrogens (tertiary/aromatic N) is 3. The Morgan fingerprint density at radius 3 is 2.75 bits per heavy atom. The Bertz CT molecular complexity index is 744. The van der Waals surface area contributed by atoms with E-state index in [2.05, 4.69) is 10.00 Å². The van der Waals surface area contributed by atoms with Gasteiger partial charge in [0, 0.05) is 36.5 Å². The normalized spacial score (nSPS) is 19.8. The lowest BCUT2D eigenvalue weighted by Gasteiger charge is -2.27. The quantitative estimate of drug-likeness (QED) is 0.933. The number of aromatic nitrogens is 2. The Hall–Kier alpha value is -1.79. The summed E-state index contributed by atoms with van der Waals surface area (Å²) in [6.07, 6.45) is 0.932. The van der Waals surface area contributed by atoms with Gasteiger partial charge in [-0.1, -0.05) is 0 Å². The molecule has 0 aliphatic carbocycles. The molecule has 2 atom stereocenters. The van der Waals surface area contributed by atoms with Gasteiger partial charge in [0.05, 0.1) is 11.8 Å². The Morgan fingerprint density at radius 2 is 2.08 bits per heavy atom. The van der Waals surface area contributed by atoms with Crippen molar-refractivity contribution in [2.75, 3.05) is 13.1 Å². The number of hydrogen-bond donors (Lipinski definition) is 1. The van der Waals surface area contributed by atoms with E-state index in [9.17, 15) is 13.9 Å². The zero-order valence-electron chi connectivity index (χ0n) is 14.3. The fraction of sp³-hybridized carbons (Fsp3) is 0.500. The molecule has 1 aliphatic heterocycles. The topological polar surface area (TPSA) is 41.3 Å². The average molecular weight is 335 g/mol. The third-order valence-corrected chi connectivity index (χ3v) is 4.99. The van der Waals surface area contributed by atoms with E-state index in [1.165, 1.54) is 5.56 Å². The molecule has 2 heterocycles. The van der Waals surface area contributed by atoms with Crippen molar-refractivity contribution >= 4 is 0 Å². The van der Waals surface area contributed by atoms with Crippen molar-refractivity contribution < 1.29 is 13.9 Å². The third-order valence-electron chi connectivity index (χ3n) is 4.99. The zero-order chi connectivity index (χ0) is 17.4. The average Bonchev–Trinajstić information content (AvgIpc) is 3.06. The number of halogens is 2. The predicted molar refractivity (Wildman–Crippen MR) is 87.5 cm³/mol. The van der Waals surface area contributed by atoms with Crippen LogP contribution in [0, 0.1) is 25.5 Å². The SMILES string of the molecule is Cc1nn(C)c(C)c1C1CCCN1CC(O)c1cc(F)ccc1F. The van der Waals surface area contributed by atoms with E-state index >= 15 is 0 Å². The van der Waals surface area contributed by atoms with Crippen molar-refractivity contribution in [1.29, 1.82) is 0 Å². The van der Waals surface area contributed by atoms with Crippen molar-refractivity contribution in [1.82, 2.24) is 14.7 Å². The number of aryl methyl sites for hydroxylation is 2. The molecule has 2 aromatic rings. The Morgan fingerprint density at radius 1 is 1.33 bits per heavy atom. The first-order valence-corrected chi connectivity index (χ1v) is 8.25. The second-order valence-corrected chi connectivity index (χ2v) is 6.54. The highest BCUT2D eigenvalue weighted by Crippen LogP contribution is 2.36. The molecule has 1 aliphatic rings. The van der Waals surface area contributed by atoms with Gasteiger partial charge in [-0.25, -0.2) is 8.78 Å². The molecule has 0 bridgehead atoms. The molecule has 1 aromatic carbocycles. The van der Waals surface area contributed by atoms with Gasteiger partial charge in [0.1, 0.15) is 11.6 Å². The van der Waals surface area contributed by atoms with Crippen molar-refractivity contribution in [3.05, 3.63) is 52.3 Å². The molecule has 130 valence electrons. The van der Waals surface area contributed by atoms with Crippen LogP contribution in [0.2, 0.25) is 0 Å². The molecule has 3 rings (SSSR count). The summed E-state index contributed by atoms with van der Waals surface area (Å²) in [6.45, 7) is 5.13. The molecule has 1 fully saturated rings. The minimum Gasteiger partial charge on any atom is -0.387 e. The maximum atomic E-state index is 13.9. The number of β-amino-alcohol motifs (C(OH)–C–C–N with tert-alkyl or cyclic N) is 1. The highest BCUT2D eigenvalue weighted by atomic mass is 19.1. The van der Waals surface area contributed by atoms with E-state index in [1.54, 1.807) is 0 Å². The molecule has 0 saturated carbocycles. The molecule has 2 unspecified atom stereocenters. The molecule has 1 aromatic heterocycles. The van der Waals surface area contributed by atoms with Crippen molar-refractivity contribution in [3.63, 3.8) is 0 Å². The van der Waals surface area contributed by atoms with Crippen LogP contribution in [0.15, 0.2) is 18.2 Å². The smallest absolute Gasteiger partial charge is 0.129 e. The first kappa shape index (κ1) is 17.0. The van der Waals surface area contributed by atoms with Crippen molar-refractivity contribution in [2.24, 2.45) is 7.05 Å². The second kappa shape index (κ2) is 6.61. The molecular weight excluding hydrogens is 312 g/mol. The summed E-state index contributed by atoms with van der Waals surface area (Å²) in [7, 11) is 1.92. The van der Waals surface area contributed by atoms with E-state index in [0.29, 0.717) is 0 Å². The Kier molecular flexibility index (Phi) is 4.69. The van der Waals surface area contributed by atoms with E-state index < -0.39 is 17.7 Å². The number of aliphatic hydroxyl groups excluding tert-OH is 1. The molecule has 0 amide bonds. The molecule has 1 saturated heterocycles. The maximum Gasteiger partial charge on any atom is 0.129 e. The van der Waals surface area contributed by atoms with Crippen molar-refractivity contribution in [2.45, 2.75) is 38.8 Å². The summed E-state index contributed by atoms with van der Waals surface area (Å²) in [5, 5.41) is 14.9. The largest absolute Gasteiger partial charge is 0.387 e. The van der Waals surface area contributed by atoms with E-state index in [1.807, 2.05) is 25.6 Å². The van der Waals surface area contributed by atoms with Crippen LogP contribution < -0.4 is 0 Å². The van der Waals surface area contributed by atoms with E-state index in [-0.39, 0.29) is 18.2 Å². The maximum absolute atomic E-state index is 13.9. The lowest BCUT2D eigenvalue weighted by atomic mass is 10.0. The highest BCUT2D eigenvalue weighted by molar-refractivity contribution is 5.29. The van der Waals surface area contributed by atoms with Gasteiger partial charge < -0.3 is 5.11 Å². The molecule has 0 spiro atoms. The predicted octanol–water partition coefficient (Wildman–Crippen LogP) is 3.19. The second-order valence-electron chi connectivity index (χ2n) is 6.54. The van der Waals surface area contributed by atoms with Gasteiger partial charge in [-0.15, -0.1) is 0 Å². The summed E-state index contributed by atoms with van der Waals surface area (Å²) >= 11 is 0. The number of aliphatic hydroxyl groups is 1. The lowest BCUT2D eigenvalue weighted by Crippen LogP contribution is -2.29. The van der Waals surface area contributed by atoms with E-state index in [4.69, 9.17) is 0 Å². The molecule has 1 N–H and O–H groups in total. The lowest BCUT2D eigenvalue weighted by molar-refractivity contribution is 0.103. The van der Waals surface area contributed by atoms with Crippen LogP contribution in [0.1, 0.15) is 47.5 Å². The number of likely N-dealkylation sites (tertiary alicyclic amines) is 1. The standard InChI is InChI=1S/C18H23F2N3O/c1-11-18(12(2)22(3)21-11)16-5-4-8-23(16)10-17(24)14-9-13(19)6-7-15(14)20/h6-7,9,16-17,24H,4-5,8,10H2,1-3H3. The number of rotatable bonds is 4. The fourth-order valence-electron chi connectivity index (χ4n) is 3.73. The summed E-state index contributed by atoms with van der Waals surface area (Å²) < 4.78 is 29.1. The molecular formula is C18H23F2N3O. The van der Waals surface area contributed by atoms with Crippen LogP contribution in [0.4, 0.5) is 8.78 Å². The first-order valence-electron chi connectivity index (χ1n) is 8.25. The fourth-order valence-corrected chi connectivity index (χ4v) is 3.73. The number of benzene rings is 1. The summed E-state index contributed by atoms with van der Waals surface area (Å²) in [5.41, 5.74) is 3.29. The van der Waals surface area contributed by atoms with Crippen LogP contribution in [-0.4, -0.2) is 32.9 Å². The molecule has 0 radical (unpaired) electrons. The van der Waals surface area contributed by atoms with E-state index in [0.717, 1.165) is 49.0 Å².